The fourth-order valence-corrected chi connectivity index (χ4v) is 3.08. The number of Topliss-reactive ketones (excluding diaryl/α,β-unsaturated/α-hetero) is 1. The van der Waals surface area contributed by atoms with E-state index in [0.717, 1.165) is 15.8 Å². The minimum atomic E-state index is -0.700. The normalized spacial score (nSPS) is 10.6. The molecular formula is C16H11ClN2O2S. The Kier molecular flexibility index (Phi) is 3.92. The third kappa shape index (κ3) is 3.00. The Morgan fingerprint density at radius 3 is 2.59 bits per heavy atom. The summed E-state index contributed by atoms with van der Waals surface area (Å²) in [5, 5.41) is 3.52. The molecule has 6 heteroatoms. The van der Waals surface area contributed by atoms with Crippen LogP contribution in [0.1, 0.15) is 15.9 Å². The fraction of sp³-hybridized carbons (Fsp3) is 0.0625. The SMILES string of the molecule is Cc1ccc(C(=O)C(=O)Nc2nc3ccc(Cl)cc3s2)cc1. The Hall–Kier alpha value is -2.24. The number of ketones is 1. The van der Waals surface area contributed by atoms with Crippen LogP contribution in [0.3, 0.4) is 0 Å². The third-order valence-corrected chi connectivity index (χ3v) is 4.26. The highest BCUT2D eigenvalue weighted by Crippen LogP contribution is 2.28. The second-order valence-electron chi connectivity index (χ2n) is 4.78. The second kappa shape index (κ2) is 5.87. The van der Waals surface area contributed by atoms with E-state index in [1.165, 1.54) is 11.3 Å². The number of hydrogen-bond donors (Lipinski definition) is 1. The van der Waals surface area contributed by atoms with Crippen LogP contribution < -0.4 is 5.32 Å². The lowest BCUT2D eigenvalue weighted by atomic mass is 10.1. The van der Waals surface area contributed by atoms with Gasteiger partial charge in [-0.05, 0) is 25.1 Å². The van der Waals surface area contributed by atoms with Gasteiger partial charge in [-0.2, -0.15) is 0 Å². The first-order valence-corrected chi connectivity index (χ1v) is 7.71. The number of hydrogen-bond acceptors (Lipinski definition) is 4. The molecule has 0 aliphatic rings. The van der Waals surface area contributed by atoms with Crippen molar-refractivity contribution < 1.29 is 9.59 Å². The summed E-state index contributed by atoms with van der Waals surface area (Å²) in [4.78, 5) is 28.4. The van der Waals surface area contributed by atoms with Crippen molar-refractivity contribution in [3.05, 3.63) is 58.6 Å². The van der Waals surface area contributed by atoms with Gasteiger partial charge >= 0.3 is 0 Å². The van der Waals surface area contributed by atoms with E-state index in [4.69, 9.17) is 11.6 Å². The van der Waals surface area contributed by atoms with Gasteiger partial charge in [0.1, 0.15) is 0 Å². The van der Waals surface area contributed by atoms with E-state index >= 15 is 0 Å². The van der Waals surface area contributed by atoms with E-state index in [1.54, 1.807) is 42.5 Å². The van der Waals surface area contributed by atoms with Crippen LogP contribution in [0.4, 0.5) is 5.13 Å². The first kappa shape index (κ1) is 14.7. The maximum absolute atomic E-state index is 12.1. The topological polar surface area (TPSA) is 59.1 Å². The molecule has 0 atom stereocenters. The Balaban J connectivity index is 1.80. The van der Waals surface area contributed by atoms with Crippen LogP contribution in [0.25, 0.3) is 10.2 Å². The maximum Gasteiger partial charge on any atom is 0.298 e. The molecule has 4 nitrogen and oxygen atoms in total. The highest BCUT2D eigenvalue weighted by atomic mass is 35.5. The number of halogens is 1. The van der Waals surface area contributed by atoms with Gasteiger partial charge in [-0.1, -0.05) is 52.8 Å². The molecule has 3 rings (SSSR count). The molecule has 0 spiro atoms. The molecule has 2 aromatic carbocycles. The van der Waals surface area contributed by atoms with E-state index in [-0.39, 0.29) is 0 Å². The van der Waals surface area contributed by atoms with Crippen LogP contribution in [0, 0.1) is 6.92 Å². The standard InChI is InChI=1S/C16H11ClN2O2S/c1-9-2-4-10(5-3-9)14(20)15(21)19-16-18-12-7-6-11(17)8-13(12)22-16/h2-8H,1H3,(H,18,19,21). The Morgan fingerprint density at radius 2 is 1.86 bits per heavy atom. The summed E-state index contributed by atoms with van der Waals surface area (Å²) < 4.78 is 0.852. The average molecular weight is 331 g/mol. The number of aryl methyl sites for hydroxylation is 1. The van der Waals surface area contributed by atoms with Crippen LogP contribution in [0.5, 0.6) is 0 Å². The molecule has 1 aromatic heterocycles. The van der Waals surface area contributed by atoms with Crippen LogP contribution in [0.15, 0.2) is 42.5 Å². The molecule has 0 bridgehead atoms. The summed E-state index contributed by atoms with van der Waals surface area (Å²) in [7, 11) is 0. The summed E-state index contributed by atoms with van der Waals surface area (Å²) in [5.41, 5.74) is 2.11. The second-order valence-corrected chi connectivity index (χ2v) is 6.25. The summed E-state index contributed by atoms with van der Waals surface area (Å²) in [6.45, 7) is 1.92. The molecule has 0 unspecified atom stereocenters. The average Bonchev–Trinajstić information content (AvgIpc) is 2.88. The molecule has 3 aromatic rings. The molecule has 0 saturated carbocycles. The number of anilines is 1. The number of carbonyl (C=O) groups excluding carboxylic acids is 2. The number of thiazole rings is 1. The van der Waals surface area contributed by atoms with Gasteiger partial charge in [0.2, 0.25) is 0 Å². The van der Waals surface area contributed by atoms with Crippen LogP contribution in [-0.2, 0) is 4.79 Å². The number of aromatic nitrogens is 1. The minimum Gasteiger partial charge on any atom is -0.295 e. The molecule has 1 amide bonds. The number of benzene rings is 2. The maximum atomic E-state index is 12.1. The Bertz CT molecular complexity index is 871. The van der Waals surface area contributed by atoms with E-state index < -0.39 is 11.7 Å². The predicted molar refractivity (Wildman–Crippen MR) is 88.8 cm³/mol. The van der Waals surface area contributed by atoms with Gasteiger partial charge in [0.25, 0.3) is 11.7 Å². The largest absolute Gasteiger partial charge is 0.298 e. The lowest BCUT2D eigenvalue weighted by Crippen LogP contribution is -2.22. The predicted octanol–water partition coefficient (Wildman–Crippen LogP) is 4.08. The molecule has 0 aliphatic carbocycles. The van der Waals surface area contributed by atoms with Crippen LogP contribution in [0.2, 0.25) is 5.02 Å². The van der Waals surface area contributed by atoms with Crippen molar-refractivity contribution >= 4 is 50.0 Å². The molecular weight excluding hydrogens is 320 g/mol. The number of carbonyl (C=O) groups is 2. The Labute approximate surface area is 135 Å². The van der Waals surface area contributed by atoms with Gasteiger partial charge in [-0.15, -0.1) is 0 Å². The smallest absolute Gasteiger partial charge is 0.295 e. The molecule has 110 valence electrons. The summed E-state index contributed by atoms with van der Waals surface area (Å²) in [6, 6.07) is 12.1. The number of nitrogens with zero attached hydrogens (tertiary/aromatic N) is 1. The van der Waals surface area contributed by atoms with Crippen LogP contribution in [-0.4, -0.2) is 16.7 Å². The molecule has 0 fully saturated rings. The van der Waals surface area contributed by atoms with Gasteiger partial charge in [-0.25, -0.2) is 4.98 Å². The van der Waals surface area contributed by atoms with Crippen molar-refractivity contribution in [1.82, 2.24) is 4.98 Å². The Morgan fingerprint density at radius 1 is 1.14 bits per heavy atom. The molecule has 1 heterocycles. The van der Waals surface area contributed by atoms with Gasteiger partial charge in [0.15, 0.2) is 5.13 Å². The zero-order valence-electron chi connectivity index (χ0n) is 11.6. The number of fused-ring (bicyclic) bond motifs is 1. The highest BCUT2D eigenvalue weighted by Gasteiger charge is 2.17. The molecule has 0 radical (unpaired) electrons. The van der Waals surface area contributed by atoms with E-state index in [9.17, 15) is 9.59 Å². The van der Waals surface area contributed by atoms with Crippen molar-refractivity contribution in [2.75, 3.05) is 5.32 Å². The van der Waals surface area contributed by atoms with E-state index in [2.05, 4.69) is 10.3 Å². The molecule has 0 saturated heterocycles. The van der Waals surface area contributed by atoms with Gasteiger partial charge in [0, 0.05) is 10.6 Å². The van der Waals surface area contributed by atoms with Crippen molar-refractivity contribution in [2.24, 2.45) is 0 Å². The minimum absolute atomic E-state index is 0.354. The zero-order valence-corrected chi connectivity index (χ0v) is 13.2. The molecule has 1 N–H and O–H groups in total. The lowest BCUT2D eigenvalue weighted by molar-refractivity contribution is -0.112. The highest BCUT2D eigenvalue weighted by molar-refractivity contribution is 7.22. The lowest BCUT2D eigenvalue weighted by Gasteiger charge is -2.01. The van der Waals surface area contributed by atoms with E-state index in [1.807, 2.05) is 6.92 Å². The van der Waals surface area contributed by atoms with Crippen LogP contribution >= 0.6 is 22.9 Å². The van der Waals surface area contributed by atoms with Crippen molar-refractivity contribution in [1.29, 1.82) is 0 Å². The summed E-state index contributed by atoms with van der Waals surface area (Å²) in [6.07, 6.45) is 0. The van der Waals surface area contributed by atoms with Crippen molar-refractivity contribution in [3.63, 3.8) is 0 Å². The fourth-order valence-electron chi connectivity index (χ4n) is 1.94. The van der Waals surface area contributed by atoms with Gasteiger partial charge in [-0.3, -0.25) is 14.9 Å². The monoisotopic (exact) mass is 330 g/mol. The first-order chi connectivity index (χ1) is 10.5. The summed E-state index contributed by atoms with van der Waals surface area (Å²) in [5.74, 6) is -1.29. The third-order valence-electron chi connectivity index (χ3n) is 3.09. The number of nitrogens with one attached hydrogen (secondary N) is 1. The van der Waals surface area contributed by atoms with Gasteiger partial charge in [0.05, 0.1) is 10.2 Å². The first-order valence-electron chi connectivity index (χ1n) is 6.51. The van der Waals surface area contributed by atoms with Crippen molar-refractivity contribution in [3.8, 4) is 0 Å². The molecule has 22 heavy (non-hydrogen) atoms. The quantitative estimate of drug-likeness (QED) is 0.581. The molecule has 0 aliphatic heterocycles. The van der Waals surface area contributed by atoms with Gasteiger partial charge < -0.3 is 0 Å². The zero-order chi connectivity index (χ0) is 15.7. The number of amides is 1. The summed E-state index contributed by atoms with van der Waals surface area (Å²) >= 11 is 7.19. The van der Waals surface area contributed by atoms with E-state index in [0.29, 0.717) is 15.7 Å². The number of rotatable bonds is 3. The van der Waals surface area contributed by atoms with Crippen molar-refractivity contribution in [2.45, 2.75) is 6.92 Å².